The molecule has 1 aromatic carbocycles. The molecule has 1 amide bonds. The van der Waals surface area contributed by atoms with E-state index in [1.54, 1.807) is 6.07 Å². The Morgan fingerprint density at radius 3 is 2.77 bits per heavy atom. The third-order valence-electron chi connectivity index (χ3n) is 1.88. The Balaban J connectivity index is 2.92. The van der Waals surface area contributed by atoms with Crippen LogP contribution in [0.25, 0.3) is 0 Å². The van der Waals surface area contributed by atoms with E-state index in [9.17, 15) is 4.79 Å². The van der Waals surface area contributed by atoms with Crippen molar-refractivity contribution in [2.45, 2.75) is 13.3 Å². The van der Waals surface area contributed by atoms with Gasteiger partial charge < -0.3 is 10.4 Å². The molecule has 0 atom stereocenters. The zero-order valence-corrected chi connectivity index (χ0v) is 7.58. The van der Waals surface area contributed by atoms with Crippen molar-refractivity contribution in [3.8, 4) is 0 Å². The van der Waals surface area contributed by atoms with Crippen LogP contribution in [0.3, 0.4) is 0 Å². The summed E-state index contributed by atoms with van der Waals surface area (Å²) in [6, 6.07) is 7.37. The Kier molecular flexibility index (Phi) is 3.46. The highest BCUT2D eigenvalue weighted by molar-refractivity contribution is 5.95. The average Bonchev–Trinajstić information content (AvgIpc) is 2.18. The molecule has 0 aliphatic heterocycles. The van der Waals surface area contributed by atoms with Crippen molar-refractivity contribution in [2.24, 2.45) is 0 Å². The molecule has 0 aliphatic carbocycles. The number of aliphatic hydroxyl groups excluding tert-OH is 1. The van der Waals surface area contributed by atoms with Crippen LogP contribution >= 0.6 is 0 Å². The first-order valence-electron chi connectivity index (χ1n) is 4.26. The molecule has 0 heterocycles. The molecule has 1 aromatic rings. The van der Waals surface area contributed by atoms with Gasteiger partial charge in [-0.3, -0.25) is 4.79 Å². The van der Waals surface area contributed by atoms with E-state index in [0.717, 1.165) is 12.0 Å². The van der Waals surface area contributed by atoms with Gasteiger partial charge in [0.05, 0.1) is 0 Å². The summed E-state index contributed by atoms with van der Waals surface area (Å²) in [5.41, 5.74) is 1.63. The highest BCUT2D eigenvalue weighted by Crippen LogP contribution is 2.08. The molecule has 0 radical (unpaired) electrons. The van der Waals surface area contributed by atoms with Crippen LogP contribution in [0.1, 0.15) is 22.8 Å². The highest BCUT2D eigenvalue weighted by Gasteiger charge is 2.07. The second-order valence-electron chi connectivity index (χ2n) is 2.67. The predicted octanol–water partition coefficient (Wildman–Crippen LogP) is 0.929. The van der Waals surface area contributed by atoms with E-state index in [1.807, 2.05) is 25.1 Å². The Hall–Kier alpha value is -1.35. The number of aliphatic hydroxyl groups is 1. The molecule has 3 heteroatoms. The van der Waals surface area contributed by atoms with Crippen molar-refractivity contribution in [3.63, 3.8) is 0 Å². The first-order valence-corrected chi connectivity index (χ1v) is 4.26. The SMILES string of the molecule is CCc1ccccc1C(=O)NCO. The van der Waals surface area contributed by atoms with Gasteiger partial charge in [0, 0.05) is 5.56 Å². The van der Waals surface area contributed by atoms with Crippen LogP contribution in [-0.2, 0) is 6.42 Å². The van der Waals surface area contributed by atoms with Gasteiger partial charge in [-0.2, -0.15) is 0 Å². The summed E-state index contributed by atoms with van der Waals surface area (Å²) in [6.45, 7) is 1.67. The summed E-state index contributed by atoms with van der Waals surface area (Å²) in [5.74, 6) is -0.222. The third-order valence-corrected chi connectivity index (χ3v) is 1.88. The molecule has 0 saturated carbocycles. The molecule has 0 fully saturated rings. The number of hydrogen-bond donors (Lipinski definition) is 2. The van der Waals surface area contributed by atoms with Gasteiger partial charge in [0.15, 0.2) is 0 Å². The molecule has 0 unspecified atom stereocenters. The van der Waals surface area contributed by atoms with Crippen LogP contribution in [0.2, 0.25) is 0 Å². The molecule has 70 valence electrons. The number of carbonyl (C=O) groups excluding carboxylic acids is 1. The molecular formula is C10H13NO2. The third kappa shape index (κ3) is 2.29. The van der Waals surface area contributed by atoms with Gasteiger partial charge in [0.2, 0.25) is 0 Å². The van der Waals surface area contributed by atoms with Crippen molar-refractivity contribution in [3.05, 3.63) is 35.4 Å². The highest BCUT2D eigenvalue weighted by atomic mass is 16.3. The van der Waals surface area contributed by atoms with Crippen LogP contribution in [-0.4, -0.2) is 17.7 Å². The minimum absolute atomic E-state index is 0.222. The standard InChI is InChI=1S/C10H13NO2/c1-2-8-5-3-4-6-9(8)10(13)11-7-12/h3-6,12H,2,7H2,1H3,(H,11,13). The summed E-state index contributed by atoms with van der Waals surface area (Å²) < 4.78 is 0. The molecule has 3 nitrogen and oxygen atoms in total. The Morgan fingerprint density at radius 2 is 2.15 bits per heavy atom. The van der Waals surface area contributed by atoms with E-state index in [0.29, 0.717) is 5.56 Å². The minimum Gasteiger partial charge on any atom is -0.376 e. The minimum atomic E-state index is -0.323. The molecule has 0 bridgehead atoms. The Bertz CT molecular complexity index is 297. The first-order chi connectivity index (χ1) is 6.29. The number of amides is 1. The van der Waals surface area contributed by atoms with Crippen LogP contribution in [0, 0.1) is 0 Å². The summed E-state index contributed by atoms with van der Waals surface area (Å²) in [4.78, 5) is 11.4. The molecule has 0 spiro atoms. The van der Waals surface area contributed by atoms with Gasteiger partial charge in [-0.15, -0.1) is 0 Å². The van der Waals surface area contributed by atoms with Crippen molar-refractivity contribution in [1.29, 1.82) is 0 Å². The number of rotatable bonds is 3. The summed E-state index contributed by atoms with van der Waals surface area (Å²) >= 11 is 0. The van der Waals surface area contributed by atoms with Gasteiger partial charge in [-0.1, -0.05) is 25.1 Å². The maximum Gasteiger partial charge on any atom is 0.253 e. The number of carbonyl (C=O) groups is 1. The Labute approximate surface area is 77.4 Å². The lowest BCUT2D eigenvalue weighted by Gasteiger charge is -2.06. The van der Waals surface area contributed by atoms with E-state index in [2.05, 4.69) is 5.32 Å². The lowest BCUT2D eigenvalue weighted by molar-refractivity contribution is 0.0909. The Morgan fingerprint density at radius 1 is 1.46 bits per heavy atom. The molecule has 13 heavy (non-hydrogen) atoms. The number of nitrogens with one attached hydrogen (secondary N) is 1. The lowest BCUT2D eigenvalue weighted by atomic mass is 10.1. The van der Waals surface area contributed by atoms with Crippen molar-refractivity contribution >= 4 is 5.91 Å². The van der Waals surface area contributed by atoms with Gasteiger partial charge in [-0.05, 0) is 18.1 Å². The second kappa shape index (κ2) is 4.62. The second-order valence-corrected chi connectivity index (χ2v) is 2.67. The summed E-state index contributed by atoms with van der Waals surface area (Å²) in [5, 5.41) is 10.9. The number of aryl methyl sites for hydroxylation is 1. The van der Waals surface area contributed by atoms with E-state index in [1.165, 1.54) is 0 Å². The summed E-state index contributed by atoms with van der Waals surface area (Å²) in [7, 11) is 0. The average molecular weight is 179 g/mol. The van der Waals surface area contributed by atoms with E-state index in [-0.39, 0.29) is 12.6 Å². The van der Waals surface area contributed by atoms with Crippen LogP contribution < -0.4 is 5.32 Å². The normalized spacial score (nSPS) is 9.69. The zero-order valence-electron chi connectivity index (χ0n) is 7.58. The molecule has 0 aromatic heterocycles. The first kappa shape index (κ1) is 9.74. The van der Waals surface area contributed by atoms with Crippen molar-refractivity contribution < 1.29 is 9.90 Å². The maximum atomic E-state index is 11.4. The number of hydrogen-bond acceptors (Lipinski definition) is 2. The van der Waals surface area contributed by atoms with Gasteiger partial charge in [0.25, 0.3) is 5.91 Å². The molecule has 0 saturated heterocycles. The molecule has 2 N–H and O–H groups in total. The lowest BCUT2D eigenvalue weighted by Crippen LogP contribution is -2.25. The fourth-order valence-corrected chi connectivity index (χ4v) is 1.22. The smallest absolute Gasteiger partial charge is 0.253 e. The fraction of sp³-hybridized carbons (Fsp3) is 0.300. The maximum absolute atomic E-state index is 11.4. The largest absolute Gasteiger partial charge is 0.376 e. The fourth-order valence-electron chi connectivity index (χ4n) is 1.22. The van der Waals surface area contributed by atoms with Crippen LogP contribution in [0.15, 0.2) is 24.3 Å². The molecule has 1 rings (SSSR count). The number of benzene rings is 1. The predicted molar refractivity (Wildman–Crippen MR) is 50.4 cm³/mol. The van der Waals surface area contributed by atoms with E-state index < -0.39 is 0 Å². The van der Waals surface area contributed by atoms with Crippen molar-refractivity contribution in [2.75, 3.05) is 6.73 Å². The molecular weight excluding hydrogens is 166 g/mol. The quantitative estimate of drug-likeness (QED) is 0.678. The zero-order chi connectivity index (χ0) is 9.68. The van der Waals surface area contributed by atoms with Gasteiger partial charge >= 0.3 is 0 Å². The molecule has 0 aliphatic rings. The van der Waals surface area contributed by atoms with Crippen LogP contribution in [0.5, 0.6) is 0 Å². The van der Waals surface area contributed by atoms with E-state index in [4.69, 9.17) is 5.11 Å². The van der Waals surface area contributed by atoms with Crippen molar-refractivity contribution in [1.82, 2.24) is 5.32 Å². The van der Waals surface area contributed by atoms with Gasteiger partial charge in [0.1, 0.15) is 6.73 Å². The van der Waals surface area contributed by atoms with E-state index >= 15 is 0 Å². The monoisotopic (exact) mass is 179 g/mol. The van der Waals surface area contributed by atoms with Crippen LogP contribution in [0.4, 0.5) is 0 Å². The summed E-state index contributed by atoms with van der Waals surface area (Å²) in [6.07, 6.45) is 0.815. The van der Waals surface area contributed by atoms with Gasteiger partial charge in [-0.25, -0.2) is 0 Å². The topological polar surface area (TPSA) is 49.3 Å².